The zero-order valence-electron chi connectivity index (χ0n) is 3.19. The van der Waals surface area contributed by atoms with Crippen LogP contribution in [-0.2, 0) is 4.79 Å². The molecule has 0 aromatic carbocycles. The van der Waals surface area contributed by atoms with Crippen molar-refractivity contribution in [2.75, 3.05) is 0 Å². The van der Waals surface area contributed by atoms with Gasteiger partial charge in [0.1, 0.15) is 0 Å². The van der Waals surface area contributed by atoms with Crippen LogP contribution >= 0.6 is 0 Å². The summed E-state index contributed by atoms with van der Waals surface area (Å²) in [6.07, 6.45) is 3.93. The van der Waals surface area contributed by atoms with Crippen LogP contribution in [0.1, 0.15) is 13.3 Å². The zero-order valence-corrected chi connectivity index (χ0v) is 3.19. The Hall–Kier alpha value is -0.330. The van der Waals surface area contributed by atoms with Gasteiger partial charge >= 0.3 is 0 Å². The summed E-state index contributed by atoms with van der Waals surface area (Å²) in [5, 5.41) is 0. The first-order valence-electron chi connectivity index (χ1n) is 1.54. The van der Waals surface area contributed by atoms with E-state index in [2.05, 4.69) is 0 Å². The Bertz CT molecular complexity index is 24.8. The van der Waals surface area contributed by atoms with Crippen LogP contribution in [0.4, 0.5) is 0 Å². The molecular weight excluding hydrogens is 64.0 g/mol. The van der Waals surface area contributed by atoms with E-state index in [-0.39, 0.29) is 0 Å². The summed E-state index contributed by atoms with van der Waals surface area (Å²) in [6.45, 7) is 1.82. The minimum absolute atomic E-state index is 0.458. The molecule has 0 aliphatic heterocycles. The Kier molecular flexibility index (Phi) is 3.43. The summed E-state index contributed by atoms with van der Waals surface area (Å²) in [5.41, 5.74) is 0. The first kappa shape index (κ1) is 4.67. The molecule has 0 aromatic rings. The minimum atomic E-state index is 0.458. The normalized spacial score (nSPS) is 7.40. The molecule has 0 unspecified atom stereocenters. The first-order chi connectivity index (χ1) is 2.41. The van der Waals surface area contributed by atoms with Crippen molar-refractivity contribution in [3.63, 3.8) is 0 Å². The molecule has 0 amide bonds. The number of hydrogen-bond acceptors (Lipinski definition) is 1. The molecular formula is C4H6O. The fraction of sp³-hybridized carbons (Fsp3) is 0.500. The van der Waals surface area contributed by atoms with Crippen molar-refractivity contribution in [1.29, 1.82) is 0 Å². The molecule has 5 heavy (non-hydrogen) atoms. The largest absolute Gasteiger partial charge is 0.291 e. The summed E-state index contributed by atoms with van der Waals surface area (Å²) < 4.78 is 0. The lowest BCUT2D eigenvalue weighted by Crippen LogP contribution is -1.65. The van der Waals surface area contributed by atoms with Gasteiger partial charge in [-0.1, -0.05) is 6.92 Å². The van der Waals surface area contributed by atoms with Crippen LogP contribution < -0.4 is 0 Å². The van der Waals surface area contributed by atoms with Gasteiger partial charge in [-0.15, -0.1) is 0 Å². The highest BCUT2D eigenvalue weighted by Crippen LogP contribution is 1.72. The van der Waals surface area contributed by atoms with Crippen molar-refractivity contribution in [3.05, 3.63) is 6.42 Å². The third-order valence-corrected chi connectivity index (χ3v) is 0.287. The second-order valence-electron chi connectivity index (χ2n) is 0.757. The Balaban J connectivity index is 2.40. The molecule has 1 heteroatoms. The van der Waals surface area contributed by atoms with Gasteiger partial charge in [-0.3, -0.25) is 4.79 Å². The van der Waals surface area contributed by atoms with Gasteiger partial charge in [0.15, 0.2) is 6.29 Å². The van der Waals surface area contributed by atoms with E-state index >= 15 is 0 Å². The Labute approximate surface area is 32.0 Å². The van der Waals surface area contributed by atoms with E-state index in [4.69, 9.17) is 0 Å². The van der Waals surface area contributed by atoms with Crippen LogP contribution in [0.15, 0.2) is 0 Å². The molecule has 0 aliphatic rings. The molecule has 0 rings (SSSR count). The lowest BCUT2D eigenvalue weighted by Gasteiger charge is -1.66. The van der Waals surface area contributed by atoms with Gasteiger partial charge in [0.2, 0.25) is 0 Å². The van der Waals surface area contributed by atoms with Gasteiger partial charge in [0.25, 0.3) is 0 Å². The third-order valence-electron chi connectivity index (χ3n) is 0.287. The van der Waals surface area contributed by atoms with Crippen molar-refractivity contribution in [1.82, 2.24) is 0 Å². The monoisotopic (exact) mass is 70.0 g/mol. The standard InChI is InChI=1S/C4H6O/c1-2-3-4-5/h2H,3H2,1H3. The summed E-state index contributed by atoms with van der Waals surface area (Å²) >= 11 is 0. The van der Waals surface area contributed by atoms with E-state index in [1.807, 2.05) is 6.92 Å². The highest BCUT2D eigenvalue weighted by molar-refractivity contribution is 5.51. The van der Waals surface area contributed by atoms with Crippen molar-refractivity contribution in [2.45, 2.75) is 13.3 Å². The number of carbonyl (C=O) groups excluding carboxylic acids is 1. The Morgan fingerprint density at radius 3 is 2.60 bits per heavy atom. The number of rotatable bonds is 2. The average molecular weight is 70.1 g/mol. The number of unbranched alkanes of at least 4 members (excludes halogenated alkanes) is 1. The molecule has 0 aliphatic carbocycles. The number of hydrogen-bond donors (Lipinski definition) is 0. The second kappa shape index (κ2) is 3.67. The fourth-order valence-electron chi connectivity index (χ4n) is 0.0833. The Morgan fingerprint density at radius 2 is 2.60 bits per heavy atom. The molecule has 0 aromatic heterocycles. The lowest BCUT2D eigenvalue weighted by atomic mass is 10.4. The van der Waals surface area contributed by atoms with Gasteiger partial charge < -0.3 is 0 Å². The average Bonchev–Trinajstić information content (AvgIpc) is 1.41. The third kappa shape index (κ3) is 3.67. The van der Waals surface area contributed by atoms with Crippen LogP contribution in [0.2, 0.25) is 0 Å². The molecule has 1 nitrogen and oxygen atoms in total. The van der Waals surface area contributed by atoms with Gasteiger partial charge in [-0.05, 0) is 6.42 Å². The highest BCUT2D eigenvalue weighted by Gasteiger charge is 1.69. The maximum atomic E-state index is 9.25. The van der Waals surface area contributed by atoms with Crippen molar-refractivity contribution in [2.24, 2.45) is 0 Å². The lowest BCUT2D eigenvalue weighted by molar-refractivity contribution is 0.554. The van der Waals surface area contributed by atoms with Crippen molar-refractivity contribution < 1.29 is 4.79 Å². The molecule has 0 atom stereocenters. The molecule has 28 valence electrons. The van der Waals surface area contributed by atoms with Gasteiger partial charge in [-0.2, -0.15) is 0 Å². The van der Waals surface area contributed by atoms with E-state index in [1.54, 1.807) is 12.7 Å². The summed E-state index contributed by atoms with van der Waals surface area (Å²) in [7, 11) is 0. The van der Waals surface area contributed by atoms with E-state index in [9.17, 15) is 4.79 Å². The summed E-state index contributed by atoms with van der Waals surface area (Å²) in [5.74, 6) is 0. The van der Waals surface area contributed by atoms with Crippen LogP contribution in [0.3, 0.4) is 0 Å². The summed E-state index contributed by atoms with van der Waals surface area (Å²) in [4.78, 5) is 9.25. The minimum Gasteiger partial charge on any atom is -0.291 e. The van der Waals surface area contributed by atoms with Crippen LogP contribution in [-0.4, -0.2) is 6.29 Å². The topological polar surface area (TPSA) is 17.1 Å². The van der Waals surface area contributed by atoms with Gasteiger partial charge in [0, 0.05) is 6.42 Å². The molecule has 0 heterocycles. The maximum Gasteiger partial charge on any atom is 0.198 e. The van der Waals surface area contributed by atoms with E-state index < -0.39 is 0 Å². The molecule has 0 saturated heterocycles. The smallest absolute Gasteiger partial charge is 0.198 e. The predicted octanol–water partition coefficient (Wildman–Crippen LogP) is 0.710. The van der Waals surface area contributed by atoms with E-state index in [0.717, 1.165) is 0 Å². The molecule has 2 radical (unpaired) electrons. The molecule has 0 N–H and O–H groups in total. The second-order valence-corrected chi connectivity index (χ2v) is 0.757. The van der Waals surface area contributed by atoms with Gasteiger partial charge in [0.05, 0.1) is 0 Å². The highest BCUT2D eigenvalue weighted by atomic mass is 16.1. The molecule has 0 fully saturated rings. The SMILES string of the molecule is C[CH]C[C]=O. The van der Waals surface area contributed by atoms with Crippen LogP contribution in [0.25, 0.3) is 0 Å². The fourth-order valence-corrected chi connectivity index (χ4v) is 0.0833. The molecule has 0 saturated carbocycles. The quantitative estimate of drug-likeness (QED) is 0.467. The van der Waals surface area contributed by atoms with E-state index in [0.29, 0.717) is 6.42 Å². The van der Waals surface area contributed by atoms with Crippen molar-refractivity contribution >= 4 is 6.29 Å². The molecule has 0 spiro atoms. The predicted molar refractivity (Wildman–Crippen MR) is 20.3 cm³/mol. The van der Waals surface area contributed by atoms with E-state index in [1.165, 1.54) is 0 Å². The summed E-state index contributed by atoms with van der Waals surface area (Å²) in [6, 6.07) is 0. The van der Waals surface area contributed by atoms with Crippen LogP contribution in [0.5, 0.6) is 0 Å². The first-order valence-corrected chi connectivity index (χ1v) is 1.54. The van der Waals surface area contributed by atoms with Crippen molar-refractivity contribution in [3.8, 4) is 0 Å². The zero-order chi connectivity index (χ0) is 4.12. The Morgan fingerprint density at radius 1 is 2.00 bits per heavy atom. The maximum absolute atomic E-state index is 9.25. The van der Waals surface area contributed by atoms with Crippen LogP contribution in [0, 0.1) is 6.42 Å². The molecule has 0 bridgehead atoms. The van der Waals surface area contributed by atoms with Gasteiger partial charge in [-0.25, -0.2) is 0 Å².